The lowest BCUT2D eigenvalue weighted by molar-refractivity contribution is 0.423. The van der Waals surface area contributed by atoms with Gasteiger partial charge in [0.15, 0.2) is 9.68 Å². The van der Waals surface area contributed by atoms with Crippen molar-refractivity contribution in [3.05, 3.63) is 29.3 Å². The minimum absolute atomic E-state index is 0.381. The Balaban J connectivity index is 2.65. The fourth-order valence-electron chi connectivity index (χ4n) is 2.62. The molecule has 0 amide bonds. The lowest BCUT2D eigenvalue weighted by Crippen LogP contribution is -2.04. The van der Waals surface area contributed by atoms with Crippen LogP contribution in [-0.4, -0.2) is 14.8 Å². The van der Waals surface area contributed by atoms with Gasteiger partial charge in [-0.25, -0.2) is 9.89 Å². The first kappa shape index (κ1) is 18.9. The molecule has 1 aromatic rings. The molecule has 1 N–H and O–H groups in total. The summed E-state index contributed by atoms with van der Waals surface area (Å²) < 4.78 is 4.30. The maximum atomic E-state index is 10.5. The van der Waals surface area contributed by atoms with Gasteiger partial charge in [-0.15, -0.1) is 0 Å². The van der Waals surface area contributed by atoms with Gasteiger partial charge in [-0.1, -0.05) is 71.1 Å². The quantitative estimate of drug-likeness (QED) is 0.347. The minimum atomic E-state index is -0.381. The topological polar surface area (TPSA) is 45.0 Å². The molecular formula is C18H32N2OSi. The molecule has 0 aromatic heterocycles. The number of aromatic hydroxyl groups is 1. The molecule has 0 saturated carbocycles. The third-order valence-corrected chi connectivity index (χ3v) is 5.63. The largest absolute Gasteiger partial charge is 0.507 e. The van der Waals surface area contributed by atoms with Crippen molar-refractivity contribution in [2.24, 2.45) is 15.8 Å². The summed E-state index contributed by atoms with van der Waals surface area (Å²) in [6.07, 6.45) is 7.10. The Labute approximate surface area is 138 Å². The highest BCUT2D eigenvalue weighted by Gasteiger charge is 2.12. The molecule has 0 aliphatic rings. The summed E-state index contributed by atoms with van der Waals surface area (Å²) in [6, 6.07) is 7.27. The van der Waals surface area contributed by atoms with E-state index < -0.39 is 0 Å². The summed E-state index contributed by atoms with van der Waals surface area (Å²) in [5, 5.41) is 14.7. The molecule has 1 unspecified atom stereocenters. The number of nitrogens with zero attached hydrogens (tertiary/aromatic N) is 2. The fraction of sp³-hybridized carbons (Fsp3) is 0.667. The van der Waals surface area contributed by atoms with Crippen LogP contribution in [0, 0.1) is 5.92 Å². The van der Waals surface area contributed by atoms with Crippen molar-refractivity contribution in [3.63, 3.8) is 0 Å². The van der Waals surface area contributed by atoms with Crippen LogP contribution in [0.5, 0.6) is 5.75 Å². The number of hydrogen-bond donors (Lipinski definition) is 1. The molecule has 0 spiro atoms. The van der Waals surface area contributed by atoms with Crippen LogP contribution >= 0.6 is 0 Å². The van der Waals surface area contributed by atoms with Crippen molar-refractivity contribution in [2.75, 3.05) is 0 Å². The van der Waals surface area contributed by atoms with Crippen molar-refractivity contribution < 1.29 is 5.11 Å². The average molecular weight is 321 g/mol. The average Bonchev–Trinajstić information content (AvgIpc) is 2.54. The highest BCUT2D eigenvalue weighted by molar-refractivity contribution is 6.32. The molecule has 0 bridgehead atoms. The van der Waals surface area contributed by atoms with Crippen molar-refractivity contribution in [1.29, 1.82) is 0 Å². The lowest BCUT2D eigenvalue weighted by Gasteiger charge is -2.16. The van der Waals surface area contributed by atoms with Crippen LogP contribution in [0.15, 0.2) is 28.1 Å². The van der Waals surface area contributed by atoms with Crippen LogP contribution in [0.1, 0.15) is 64.0 Å². The number of phenolic OH excluding ortho intramolecular Hbond substituents is 1. The fourth-order valence-corrected chi connectivity index (χ4v) is 3.32. The summed E-state index contributed by atoms with van der Waals surface area (Å²) in [5.41, 5.74) is 1.98. The second-order valence-corrected chi connectivity index (χ2v) is 7.50. The van der Waals surface area contributed by atoms with E-state index in [0.717, 1.165) is 17.5 Å². The van der Waals surface area contributed by atoms with E-state index in [1.165, 1.54) is 38.1 Å². The van der Waals surface area contributed by atoms with E-state index in [2.05, 4.69) is 36.7 Å². The highest BCUT2D eigenvalue weighted by Crippen LogP contribution is 2.28. The molecule has 0 radical (unpaired) electrons. The van der Waals surface area contributed by atoms with Gasteiger partial charge in [0, 0.05) is 5.56 Å². The summed E-state index contributed by atoms with van der Waals surface area (Å²) >= 11 is 0. The highest BCUT2D eigenvalue weighted by atomic mass is 28.2. The first-order valence-electron chi connectivity index (χ1n) is 8.85. The Morgan fingerprint density at radius 1 is 1.14 bits per heavy atom. The Hall–Kier alpha value is -1.16. The number of para-hydroxylation sites is 1. The first-order chi connectivity index (χ1) is 10.7. The van der Waals surface area contributed by atoms with Gasteiger partial charge in [0.2, 0.25) is 0 Å². The molecule has 22 heavy (non-hydrogen) atoms. The smallest absolute Gasteiger partial charge is 0.178 e. The molecule has 0 aliphatic heterocycles. The van der Waals surface area contributed by atoms with Gasteiger partial charge in [0.25, 0.3) is 0 Å². The van der Waals surface area contributed by atoms with Crippen molar-refractivity contribution in [1.82, 2.24) is 0 Å². The lowest BCUT2D eigenvalue weighted by atomic mass is 9.91. The van der Waals surface area contributed by atoms with E-state index in [9.17, 15) is 5.11 Å². The number of rotatable bonds is 11. The van der Waals surface area contributed by atoms with E-state index in [4.69, 9.17) is 0 Å². The molecule has 1 aromatic carbocycles. The third kappa shape index (κ3) is 6.73. The summed E-state index contributed by atoms with van der Waals surface area (Å²) in [7, 11) is -0.381. The minimum Gasteiger partial charge on any atom is -0.507 e. The second kappa shape index (κ2) is 11.4. The molecule has 0 saturated heterocycles. The Morgan fingerprint density at radius 2 is 1.91 bits per heavy atom. The van der Waals surface area contributed by atoms with Gasteiger partial charge >= 0.3 is 0 Å². The van der Waals surface area contributed by atoms with Crippen LogP contribution in [0.4, 0.5) is 0 Å². The zero-order valence-electron chi connectivity index (χ0n) is 14.5. The normalized spacial score (nSPS) is 13.4. The zero-order valence-corrected chi connectivity index (χ0v) is 15.9. The molecule has 4 heteroatoms. The summed E-state index contributed by atoms with van der Waals surface area (Å²) in [4.78, 5) is 0. The Morgan fingerprint density at radius 3 is 2.59 bits per heavy atom. The van der Waals surface area contributed by atoms with Gasteiger partial charge in [-0.05, 0) is 23.9 Å². The number of benzene rings is 1. The molecule has 1 atom stereocenters. The maximum Gasteiger partial charge on any atom is 0.178 e. The molecule has 0 aliphatic carbocycles. The van der Waals surface area contributed by atoms with Gasteiger partial charge in [-0.3, -0.25) is 0 Å². The summed E-state index contributed by atoms with van der Waals surface area (Å²) in [6.45, 7) is 7.17. The summed E-state index contributed by atoms with van der Waals surface area (Å²) in [5.74, 6) is 1.10. The molecule has 124 valence electrons. The van der Waals surface area contributed by atoms with E-state index in [1.807, 2.05) is 12.1 Å². The van der Waals surface area contributed by atoms with Gasteiger partial charge < -0.3 is 5.11 Å². The SMILES string of the molecule is CCCCC(CC)Cc1cccc(C/N=N/[SiH2]CCC)c1O. The zero-order chi connectivity index (χ0) is 16.2. The van der Waals surface area contributed by atoms with E-state index in [-0.39, 0.29) is 9.68 Å². The predicted octanol–water partition coefficient (Wildman–Crippen LogP) is 5.02. The molecule has 0 heterocycles. The van der Waals surface area contributed by atoms with Gasteiger partial charge in [-0.2, -0.15) is 0 Å². The second-order valence-electron chi connectivity index (χ2n) is 6.06. The molecular weight excluding hydrogens is 288 g/mol. The first-order valence-corrected chi connectivity index (χ1v) is 10.5. The predicted molar refractivity (Wildman–Crippen MR) is 97.3 cm³/mol. The maximum absolute atomic E-state index is 10.5. The molecule has 1 rings (SSSR count). The molecule has 0 fully saturated rings. The standard InChI is InChI=1S/C18H32N2OSi/c1-4-7-9-15(6-3)13-16-10-8-11-17(18(16)21)14-19-20-22-12-5-2/h8,10-11,15,21H,4-7,9,12-14,22H2,1-3H3/b20-19+. The van der Waals surface area contributed by atoms with E-state index in [0.29, 0.717) is 18.2 Å². The Kier molecular flexibility index (Phi) is 9.79. The van der Waals surface area contributed by atoms with Gasteiger partial charge in [0.05, 0.1) is 6.54 Å². The van der Waals surface area contributed by atoms with E-state index in [1.54, 1.807) is 0 Å². The number of phenols is 1. The van der Waals surface area contributed by atoms with Crippen LogP contribution in [-0.2, 0) is 13.0 Å². The van der Waals surface area contributed by atoms with Gasteiger partial charge in [0.1, 0.15) is 5.75 Å². The third-order valence-electron chi connectivity index (χ3n) is 4.21. The monoisotopic (exact) mass is 320 g/mol. The van der Waals surface area contributed by atoms with Crippen LogP contribution in [0.3, 0.4) is 0 Å². The van der Waals surface area contributed by atoms with Crippen molar-refractivity contribution in [3.8, 4) is 5.75 Å². The Bertz CT molecular complexity index is 449. The number of hydrogen-bond acceptors (Lipinski definition) is 3. The van der Waals surface area contributed by atoms with Crippen molar-refractivity contribution >= 4 is 9.68 Å². The van der Waals surface area contributed by atoms with Crippen molar-refractivity contribution in [2.45, 2.75) is 71.9 Å². The van der Waals surface area contributed by atoms with Crippen LogP contribution < -0.4 is 0 Å². The van der Waals surface area contributed by atoms with Crippen LogP contribution in [0.2, 0.25) is 6.04 Å². The number of unbranched alkanes of at least 4 members (excludes halogenated alkanes) is 1. The molecule has 3 nitrogen and oxygen atoms in total. The van der Waals surface area contributed by atoms with E-state index >= 15 is 0 Å². The van der Waals surface area contributed by atoms with Crippen LogP contribution in [0.25, 0.3) is 0 Å².